The second-order valence-corrected chi connectivity index (χ2v) is 6.15. The number of nitrogens with zero attached hydrogens (tertiary/aromatic N) is 1. The topological polar surface area (TPSA) is 24.9 Å². The molecule has 1 N–H and O–H groups in total. The van der Waals surface area contributed by atoms with Gasteiger partial charge in [0.1, 0.15) is 0 Å². The summed E-state index contributed by atoms with van der Waals surface area (Å²) in [7, 11) is 0. The lowest BCUT2D eigenvalue weighted by molar-refractivity contribution is 0.639. The molecule has 3 rings (SSSR count). The summed E-state index contributed by atoms with van der Waals surface area (Å²) in [5.41, 5.74) is 1.30. The molecule has 1 atom stereocenters. The van der Waals surface area contributed by atoms with Gasteiger partial charge in [-0.3, -0.25) is 0 Å². The normalized spacial score (nSPS) is 12.7. The number of thiazole rings is 1. The van der Waals surface area contributed by atoms with Gasteiger partial charge < -0.3 is 5.32 Å². The zero-order valence-electron chi connectivity index (χ0n) is 11.8. The Kier molecular flexibility index (Phi) is 3.81. The van der Waals surface area contributed by atoms with E-state index >= 15 is 0 Å². The van der Waals surface area contributed by atoms with E-state index in [0.29, 0.717) is 0 Å². The molecular weight excluding hydrogens is 264 g/mol. The zero-order chi connectivity index (χ0) is 13.9. The molecule has 0 bridgehead atoms. The first kappa shape index (κ1) is 13.3. The van der Waals surface area contributed by atoms with E-state index in [4.69, 9.17) is 0 Å². The minimum Gasteiger partial charge on any atom is -0.306 e. The van der Waals surface area contributed by atoms with Gasteiger partial charge in [0.05, 0.1) is 11.0 Å². The maximum atomic E-state index is 4.39. The highest BCUT2D eigenvalue weighted by Crippen LogP contribution is 2.28. The van der Waals surface area contributed by atoms with E-state index in [-0.39, 0.29) is 6.04 Å². The number of nitrogens with one attached hydrogen (secondary N) is 1. The molecule has 102 valence electrons. The van der Waals surface area contributed by atoms with E-state index in [1.807, 2.05) is 6.20 Å². The molecule has 1 unspecified atom stereocenters. The molecule has 2 aromatic carbocycles. The Hall–Kier alpha value is -1.71. The molecule has 3 heteroatoms. The van der Waals surface area contributed by atoms with Crippen molar-refractivity contribution in [3.8, 4) is 0 Å². The molecule has 1 aromatic heterocycles. The van der Waals surface area contributed by atoms with Gasteiger partial charge in [0.2, 0.25) is 0 Å². The predicted octanol–water partition coefficient (Wildman–Crippen LogP) is 4.30. The van der Waals surface area contributed by atoms with Crippen LogP contribution < -0.4 is 5.32 Å². The van der Waals surface area contributed by atoms with Gasteiger partial charge in [-0.15, -0.1) is 11.3 Å². The molecule has 3 aromatic rings. The van der Waals surface area contributed by atoms with Gasteiger partial charge in [-0.2, -0.15) is 0 Å². The third kappa shape index (κ3) is 2.60. The molecule has 0 radical (unpaired) electrons. The van der Waals surface area contributed by atoms with Crippen LogP contribution in [0.15, 0.2) is 48.7 Å². The fourth-order valence-electron chi connectivity index (χ4n) is 2.49. The Bertz CT molecular complexity index is 718. The Morgan fingerprint density at radius 2 is 1.95 bits per heavy atom. The predicted molar refractivity (Wildman–Crippen MR) is 86.3 cm³/mol. The molecule has 0 aliphatic carbocycles. The lowest BCUT2D eigenvalue weighted by Gasteiger charge is -2.17. The Morgan fingerprint density at radius 3 is 2.65 bits per heavy atom. The summed E-state index contributed by atoms with van der Waals surface area (Å²) in [6.45, 7) is 5.13. The molecule has 1 heterocycles. The van der Waals surface area contributed by atoms with Crippen LogP contribution in [0, 0.1) is 6.92 Å². The lowest BCUT2D eigenvalue weighted by atomic mass is 10.0. The van der Waals surface area contributed by atoms with Gasteiger partial charge >= 0.3 is 0 Å². The number of aromatic nitrogens is 1. The van der Waals surface area contributed by atoms with Crippen molar-refractivity contribution in [1.29, 1.82) is 0 Å². The standard InChI is InChI=1S/C17H18N2S/c1-3-18-17(16-11-19-12(2)20-16)15-9-8-13-6-4-5-7-14(13)10-15/h4-11,17-18H,3H2,1-2H3. The fraction of sp³-hybridized carbons (Fsp3) is 0.235. The van der Waals surface area contributed by atoms with Crippen LogP contribution in [-0.4, -0.2) is 11.5 Å². The number of benzene rings is 2. The van der Waals surface area contributed by atoms with Crippen molar-refractivity contribution in [1.82, 2.24) is 10.3 Å². The number of aryl methyl sites for hydroxylation is 1. The third-order valence-corrected chi connectivity index (χ3v) is 4.42. The van der Waals surface area contributed by atoms with E-state index in [1.54, 1.807) is 11.3 Å². The number of rotatable bonds is 4. The van der Waals surface area contributed by atoms with Gasteiger partial charge in [0.15, 0.2) is 0 Å². The van der Waals surface area contributed by atoms with E-state index in [1.165, 1.54) is 21.2 Å². The molecule has 0 aliphatic heterocycles. The summed E-state index contributed by atoms with van der Waals surface area (Å²) in [5, 5.41) is 7.25. The summed E-state index contributed by atoms with van der Waals surface area (Å²) >= 11 is 1.76. The maximum Gasteiger partial charge on any atom is 0.0897 e. The molecular formula is C17H18N2S. The van der Waals surface area contributed by atoms with Crippen LogP contribution in [0.4, 0.5) is 0 Å². The van der Waals surface area contributed by atoms with Crippen LogP contribution >= 0.6 is 11.3 Å². The number of hydrogen-bond acceptors (Lipinski definition) is 3. The second-order valence-electron chi connectivity index (χ2n) is 4.88. The Labute approximate surface area is 123 Å². The first-order valence-electron chi connectivity index (χ1n) is 6.92. The third-order valence-electron chi connectivity index (χ3n) is 3.44. The highest BCUT2D eigenvalue weighted by Gasteiger charge is 2.15. The van der Waals surface area contributed by atoms with Crippen molar-refractivity contribution in [3.63, 3.8) is 0 Å². The summed E-state index contributed by atoms with van der Waals surface area (Å²) in [6.07, 6.45) is 1.99. The van der Waals surface area contributed by atoms with Gasteiger partial charge in [-0.25, -0.2) is 4.98 Å². The fourth-order valence-corrected chi connectivity index (χ4v) is 3.37. The van der Waals surface area contributed by atoms with E-state index < -0.39 is 0 Å². The molecule has 0 fully saturated rings. The van der Waals surface area contributed by atoms with Gasteiger partial charge in [0.25, 0.3) is 0 Å². The van der Waals surface area contributed by atoms with Crippen LogP contribution in [-0.2, 0) is 0 Å². The second kappa shape index (κ2) is 5.73. The zero-order valence-corrected chi connectivity index (χ0v) is 12.6. The molecule has 0 saturated carbocycles. The number of fused-ring (bicyclic) bond motifs is 1. The average molecular weight is 282 g/mol. The highest BCUT2D eigenvalue weighted by atomic mass is 32.1. The summed E-state index contributed by atoms with van der Waals surface area (Å²) in [4.78, 5) is 5.66. The van der Waals surface area contributed by atoms with Crippen molar-refractivity contribution in [2.45, 2.75) is 19.9 Å². The van der Waals surface area contributed by atoms with E-state index in [9.17, 15) is 0 Å². The van der Waals surface area contributed by atoms with Crippen LogP contribution in [0.5, 0.6) is 0 Å². The largest absolute Gasteiger partial charge is 0.306 e. The maximum absolute atomic E-state index is 4.39. The molecule has 2 nitrogen and oxygen atoms in total. The van der Waals surface area contributed by atoms with Crippen molar-refractivity contribution in [3.05, 3.63) is 64.1 Å². The molecule has 0 aliphatic rings. The van der Waals surface area contributed by atoms with Gasteiger partial charge in [-0.1, -0.05) is 43.3 Å². The Balaban J connectivity index is 2.04. The summed E-state index contributed by atoms with van der Waals surface area (Å²) in [5.74, 6) is 0. The monoisotopic (exact) mass is 282 g/mol. The van der Waals surface area contributed by atoms with E-state index in [0.717, 1.165) is 11.6 Å². The van der Waals surface area contributed by atoms with Gasteiger partial charge in [0, 0.05) is 11.1 Å². The van der Waals surface area contributed by atoms with Crippen molar-refractivity contribution in [2.24, 2.45) is 0 Å². The SMILES string of the molecule is CCNC(c1ccc2ccccc2c1)c1cnc(C)s1. The summed E-state index contributed by atoms with van der Waals surface area (Å²) in [6, 6.07) is 15.4. The minimum atomic E-state index is 0.232. The molecule has 0 saturated heterocycles. The van der Waals surface area contributed by atoms with Crippen LogP contribution in [0.2, 0.25) is 0 Å². The van der Waals surface area contributed by atoms with Crippen LogP contribution in [0.25, 0.3) is 10.8 Å². The smallest absolute Gasteiger partial charge is 0.0897 e. The number of hydrogen-bond donors (Lipinski definition) is 1. The molecule has 0 amide bonds. The molecule has 0 spiro atoms. The first-order chi connectivity index (χ1) is 9.78. The molecule has 20 heavy (non-hydrogen) atoms. The van der Waals surface area contributed by atoms with Gasteiger partial charge in [-0.05, 0) is 35.9 Å². The van der Waals surface area contributed by atoms with Crippen molar-refractivity contribution >= 4 is 22.1 Å². The van der Waals surface area contributed by atoms with Crippen LogP contribution in [0.1, 0.15) is 28.4 Å². The minimum absolute atomic E-state index is 0.232. The van der Waals surface area contributed by atoms with Crippen molar-refractivity contribution in [2.75, 3.05) is 6.54 Å². The van der Waals surface area contributed by atoms with E-state index in [2.05, 4.69) is 66.6 Å². The average Bonchev–Trinajstić information content (AvgIpc) is 2.90. The lowest BCUT2D eigenvalue weighted by Crippen LogP contribution is -2.21. The first-order valence-corrected chi connectivity index (χ1v) is 7.74. The quantitative estimate of drug-likeness (QED) is 0.771. The summed E-state index contributed by atoms with van der Waals surface area (Å²) < 4.78 is 0. The van der Waals surface area contributed by atoms with Crippen LogP contribution in [0.3, 0.4) is 0 Å². The Morgan fingerprint density at radius 1 is 1.15 bits per heavy atom. The highest BCUT2D eigenvalue weighted by molar-refractivity contribution is 7.11. The van der Waals surface area contributed by atoms with Crippen molar-refractivity contribution < 1.29 is 0 Å².